The lowest BCUT2D eigenvalue weighted by molar-refractivity contribution is 0.483. The SMILES string of the molecule is NC1([SH](=O)=O)CCCCCC1. The Bertz CT molecular complexity index is 185. The molecule has 1 aliphatic rings. The molecular formula is C7H15NO2S. The van der Waals surface area contributed by atoms with Crippen molar-refractivity contribution >= 4 is 10.7 Å². The van der Waals surface area contributed by atoms with Crippen molar-refractivity contribution in [2.45, 2.75) is 43.4 Å². The van der Waals surface area contributed by atoms with Crippen LogP contribution in [0.5, 0.6) is 0 Å². The summed E-state index contributed by atoms with van der Waals surface area (Å²) in [6, 6.07) is 0. The molecule has 11 heavy (non-hydrogen) atoms. The second-order valence-corrected chi connectivity index (χ2v) is 4.68. The van der Waals surface area contributed by atoms with E-state index in [4.69, 9.17) is 5.73 Å². The van der Waals surface area contributed by atoms with Crippen molar-refractivity contribution in [2.24, 2.45) is 5.73 Å². The molecule has 66 valence electrons. The van der Waals surface area contributed by atoms with Gasteiger partial charge < -0.3 is 5.73 Å². The van der Waals surface area contributed by atoms with Crippen LogP contribution in [0.1, 0.15) is 38.5 Å². The molecule has 1 saturated carbocycles. The molecule has 0 aliphatic heterocycles. The number of hydrogen-bond donors (Lipinski definition) is 2. The lowest BCUT2D eigenvalue weighted by Crippen LogP contribution is -2.40. The zero-order valence-corrected chi connectivity index (χ0v) is 7.48. The van der Waals surface area contributed by atoms with Gasteiger partial charge in [0.15, 0.2) is 10.7 Å². The number of thiol groups is 1. The number of rotatable bonds is 1. The topological polar surface area (TPSA) is 60.2 Å². The summed E-state index contributed by atoms with van der Waals surface area (Å²) in [5, 5.41) is 0. The fourth-order valence-corrected chi connectivity index (χ4v) is 2.20. The summed E-state index contributed by atoms with van der Waals surface area (Å²) in [5.41, 5.74) is 5.71. The van der Waals surface area contributed by atoms with E-state index in [0.29, 0.717) is 12.8 Å². The highest BCUT2D eigenvalue weighted by molar-refractivity contribution is 7.74. The van der Waals surface area contributed by atoms with Crippen molar-refractivity contribution in [1.29, 1.82) is 0 Å². The largest absolute Gasteiger partial charge is 0.313 e. The van der Waals surface area contributed by atoms with Crippen LogP contribution >= 0.6 is 0 Å². The molecule has 2 N–H and O–H groups in total. The molecule has 0 aromatic heterocycles. The van der Waals surface area contributed by atoms with Crippen molar-refractivity contribution in [3.05, 3.63) is 0 Å². The summed E-state index contributed by atoms with van der Waals surface area (Å²) in [6.07, 6.45) is 5.46. The van der Waals surface area contributed by atoms with Gasteiger partial charge >= 0.3 is 0 Å². The maximum absolute atomic E-state index is 10.7. The molecule has 0 spiro atoms. The predicted molar refractivity (Wildman–Crippen MR) is 44.9 cm³/mol. The van der Waals surface area contributed by atoms with Gasteiger partial charge in [0.05, 0.1) is 0 Å². The molecule has 0 atom stereocenters. The third-order valence-corrected chi connectivity index (χ3v) is 3.51. The zero-order chi connectivity index (χ0) is 8.32. The highest BCUT2D eigenvalue weighted by Gasteiger charge is 2.29. The summed E-state index contributed by atoms with van der Waals surface area (Å²) in [7, 11) is -2.44. The quantitative estimate of drug-likeness (QED) is 0.455. The Balaban J connectivity index is 2.66. The molecule has 0 saturated heterocycles. The first kappa shape index (κ1) is 9.00. The van der Waals surface area contributed by atoms with Crippen molar-refractivity contribution in [2.75, 3.05) is 0 Å². The van der Waals surface area contributed by atoms with E-state index in [1.807, 2.05) is 0 Å². The first-order valence-electron chi connectivity index (χ1n) is 4.08. The van der Waals surface area contributed by atoms with Crippen LogP contribution in [0.15, 0.2) is 0 Å². The Kier molecular flexibility index (Phi) is 2.90. The van der Waals surface area contributed by atoms with Crippen molar-refractivity contribution in [3.63, 3.8) is 0 Å². The van der Waals surface area contributed by atoms with Crippen molar-refractivity contribution in [3.8, 4) is 0 Å². The normalized spacial score (nSPS) is 24.9. The third-order valence-electron chi connectivity index (χ3n) is 2.33. The molecule has 0 radical (unpaired) electrons. The van der Waals surface area contributed by atoms with Gasteiger partial charge in [-0.15, -0.1) is 0 Å². The van der Waals surface area contributed by atoms with E-state index >= 15 is 0 Å². The molecule has 3 nitrogen and oxygen atoms in total. The predicted octanol–water partition coefficient (Wildman–Crippen LogP) is 0.607. The van der Waals surface area contributed by atoms with Crippen LogP contribution in [0.2, 0.25) is 0 Å². The van der Waals surface area contributed by atoms with Gasteiger partial charge in [-0.1, -0.05) is 25.7 Å². The van der Waals surface area contributed by atoms with E-state index < -0.39 is 15.6 Å². The Labute approximate surface area is 68.9 Å². The summed E-state index contributed by atoms with van der Waals surface area (Å²) in [5.74, 6) is 0. The van der Waals surface area contributed by atoms with Crippen LogP contribution in [-0.2, 0) is 10.7 Å². The van der Waals surface area contributed by atoms with E-state index in [2.05, 4.69) is 0 Å². The molecule has 0 aromatic carbocycles. The van der Waals surface area contributed by atoms with Crippen molar-refractivity contribution in [1.82, 2.24) is 0 Å². The summed E-state index contributed by atoms with van der Waals surface area (Å²) in [4.78, 5) is -0.883. The first-order valence-corrected chi connectivity index (χ1v) is 5.26. The van der Waals surface area contributed by atoms with Crippen LogP contribution in [0.4, 0.5) is 0 Å². The number of nitrogens with two attached hydrogens (primary N) is 1. The summed E-state index contributed by atoms with van der Waals surface area (Å²) in [6.45, 7) is 0. The average Bonchev–Trinajstić information content (AvgIpc) is 2.15. The molecule has 4 heteroatoms. The minimum absolute atomic E-state index is 0.645. The second-order valence-electron chi connectivity index (χ2n) is 3.27. The standard InChI is InChI=1S/C7H15NO2S/c8-7(11(9)10)5-3-1-2-4-6-7/h11H,1-6,8H2. The highest BCUT2D eigenvalue weighted by Crippen LogP contribution is 2.25. The Morgan fingerprint density at radius 3 is 1.82 bits per heavy atom. The lowest BCUT2D eigenvalue weighted by atomic mass is 10.1. The molecule has 0 amide bonds. The molecule has 0 bridgehead atoms. The fourth-order valence-electron chi connectivity index (χ4n) is 1.52. The fraction of sp³-hybridized carbons (Fsp3) is 1.00. The maximum Gasteiger partial charge on any atom is 0.158 e. The van der Waals surface area contributed by atoms with Crippen LogP contribution < -0.4 is 5.73 Å². The average molecular weight is 177 g/mol. The van der Waals surface area contributed by atoms with Gasteiger partial charge in [0, 0.05) is 0 Å². The summed E-state index contributed by atoms with van der Waals surface area (Å²) >= 11 is 0. The minimum atomic E-state index is -2.44. The van der Waals surface area contributed by atoms with Crippen molar-refractivity contribution < 1.29 is 8.42 Å². The Hall–Kier alpha value is -0.0900. The minimum Gasteiger partial charge on any atom is -0.313 e. The lowest BCUT2D eigenvalue weighted by Gasteiger charge is -2.19. The molecule has 1 fully saturated rings. The third kappa shape index (κ3) is 2.17. The maximum atomic E-state index is 10.7. The molecule has 1 aliphatic carbocycles. The van der Waals surface area contributed by atoms with Gasteiger partial charge in [-0.25, -0.2) is 8.42 Å². The molecule has 1 rings (SSSR count). The van der Waals surface area contributed by atoms with Crippen LogP contribution in [0.25, 0.3) is 0 Å². The number of hydrogen-bond acceptors (Lipinski definition) is 3. The molecular weight excluding hydrogens is 162 g/mol. The molecule has 0 heterocycles. The van der Waals surface area contributed by atoms with Crippen LogP contribution in [-0.4, -0.2) is 13.3 Å². The van der Waals surface area contributed by atoms with Gasteiger partial charge in [-0.3, -0.25) is 0 Å². The van der Waals surface area contributed by atoms with E-state index in [0.717, 1.165) is 25.7 Å². The first-order chi connectivity index (χ1) is 5.15. The Morgan fingerprint density at radius 1 is 1.00 bits per heavy atom. The monoisotopic (exact) mass is 177 g/mol. The summed E-state index contributed by atoms with van der Waals surface area (Å²) < 4.78 is 21.5. The van der Waals surface area contributed by atoms with E-state index in [9.17, 15) is 8.42 Å². The molecule has 0 unspecified atom stereocenters. The van der Waals surface area contributed by atoms with E-state index in [1.165, 1.54) is 0 Å². The van der Waals surface area contributed by atoms with Crippen LogP contribution in [0.3, 0.4) is 0 Å². The smallest absolute Gasteiger partial charge is 0.158 e. The Morgan fingerprint density at radius 2 is 1.45 bits per heavy atom. The van der Waals surface area contributed by atoms with E-state index in [-0.39, 0.29) is 0 Å². The second kappa shape index (κ2) is 3.54. The van der Waals surface area contributed by atoms with Gasteiger partial charge in [-0.2, -0.15) is 0 Å². The van der Waals surface area contributed by atoms with Gasteiger partial charge in [0.1, 0.15) is 4.87 Å². The zero-order valence-electron chi connectivity index (χ0n) is 6.58. The van der Waals surface area contributed by atoms with E-state index in [1.54, 1.807) is 0 Å². The van der Waals surface area contributed by atoms with Gasteiger partial charge in [0.25, 0.3) is 0 Å². The van der Waals surface area contributed by atoms with Gasteiger partial charge in [0.2, 0.25) is 0 Å². The van der Waals surface area contributed by atoms with Crippen LogP contribution in [0, 0.1) is 0 Å². The molecule has 0 aromatic rings. The highest BCUT2D eigenvalue weighted by atomic mass is 32.2. The van der Waals surface area contributed by atoms with Gasteiger partial charge in [-0.05, 0) is 12.8 Å².